The van der Waals surface area contributed by atoms with Gasteiger partial charge in [-0.2, -0.15) is 11.8 Å². The van der Waals surface area contributed by atoms with E-state index in [9.17, 15) is 4.79 Å². The molecule has 3 heteroatoms. The summed E-state index contributed by atoms with van der Waals surface area (Å²) in [5.41, 5.74) is 5.96. The minimum absolute atomic E-state index is 0.0128. The average Bonchev–Trinajstić information content (AvgIpc) is 2.96. The van der Waals surface area contributed by atoms with E-state index in [4.69, 9.17) is 0 Å². The van der Waals surface area contributed by atoms with Crippen molar-refractivity contribution in [1.29, 1.82) is 0 Å². The zero-order valence-electron chi connectivity index (χ0n) is 13.9. The molecule has 3 aliphatic rings. The highest BCUT2D eigenvalue weighted by atomic mass is 32.2. The predicted molar refractivity (Wildman–Crippen MR) is 97.6 cm³/mol. The Kier molecular flexibility index (Phi) is 4.00. The molecule has 0 bridgehead atoms. The molecule has 0 saturated carbocycles. The van der Waals surface area contributed by atoms with Crippen LogP contribution in [0, 0.1) is 0 Å². The van der Waals surface area contributed by atoms with Gasteiger partial charge in [0, 0.05) is 24.3 Å². The van der Waals surface area contributed by atoms with E-state index in [0.29, 0.717) is 12.3 Å². The summed E-state index contributed by atoms with van der Waals surface area (Å²) in [6.45, 7) is 4.23. The Morgan fingerprint density at radius 3 is 2.83 bits per heavy atom. The highest BCUT2D eigenvalue weighted by Crippen LogP contribution is 2.51. The number of carbonyl (C=O) groups excluding carboxylic acids is 1. The van der Waals surface area contributed by atoms with Crippen LogP contribution < -0.4 is 0 Å². The number of benzene rings is 1. The molecule has 23 heavy (non-hydrogen) atoms. The summed E-state index contributed by atoms with van der Waals surface area (Å²) >= 11 is 2.00. The normalized spacial score (nSPS) is 26.9. The van der Waals surface area contributed by atoms with Crippen LogP contribution in [0.1, 0.15) is 50.2 Å². The van der Waals surface area contributed by atoms with Crippen molar-refractivity contribution >= 4 is 23.2 Å². The fourth-order valence-electron chi connectivity index (χ4n) is 4.39. The molecule has 1 fully saturated rings. The Balaban J connectivity index is 1.58. The molecule has 0 radical (unpaired) electrons. The number of allylic oxidation sites excluding steroid dienone is 1. The second-order valence-electron chi connectivity index (χ2n) is 7.24. The van der Waals surface area contributed by atoms with E-state index in [1.54, 1.807) is 0 Å². The maximum Gasteiger partial charge on any atom is 0.224 e. The van der Waals surface area contributed by atoms with Gasteiger partial charge in [-0.25, -0.2) is 0 Å². The Hall–Kier alpha value is -1.22. The molecular formula is C20H25NOS. The molecule has 1 aromatic rings. The van der Waals surface area contributed by atoms with Crippen molar-refractivity contribution in [1.82, 2.24) is 4.90 Å². The first-order valence-corrected chi connectivity index (χ1v) is 9.88. The minimum atomic E-state index is -0.0128. The molecule has 1 unspecified atom stereocenters. The number of piperidine rings is 1. The molecule has 1 amide bonds. The van der Waals surface area contributed by atoms with Gasteiger partial charge in [0.25, 0.3) is 0 Å². The van der Waals surface area contributed by atoms with Crippen molar-refractivity contribution in [3.05, 3.63) is 41.0 Å². The molecule has 1 aromatic carbocycles. The smallest absolute Gasteiger partial charge is 0.224 e. The highest BCUT2D eigenvalue weighted by Gasteiger charge is 2.41. The third-order valence-electron chi connectivity index (χ3n) is 5.68. The molecule has 2 aliphatic heterocycles. The zero-order chi connectivity index (χ0) is 15.9. The van der Waals surface area contributed by atoms with Gasteiger partial charge in [0.1, 0.15) is 0 Å². The average molecular weight is 327 g/mol. The summed E-state index contributed by atoms with van der Waals surface area (Å²) < 4.78 is -0.0128. The highest BCUT2D eigenvalue weighted by molar-refractivity contribution is 8.00. The van der Waals surface area contributed by atoms with Crippen LogP contribution in [0.15, 0.2) is 29.8 Å². The number of fused-ring (bicyclic) bond motifs is 2. The molecule has 1 atom stereocenters. The van der Waals surface area contributed by atoms with Gasteiger partial charge in [-0.1, -0.05) is 24.3 Å². The van der Waals surface area contributed by atoms with Crippen molar-refractivity contribution < 1.29 is 4.79 Å². The van der Waals surface area contributed by atoms with E-state index in [2.05, 4.69) is 36.1 Å². The lowest BCUT2D eigenvalue weighted by molar-refractivity contribution is -0.132. The maximum absolute atomic E-state index is 12.8. The van der Waals surface area contributed by atoms with Crippen LogP contribution in [0.4, 0.5) is 0 Å². The third-order valence-corrected chi connectivity index (χ3v) is 7.12. The maximum atomic E-state index is 12.8. The molecule has 0 spiro atoms. The van der Waals surface area contributed by atoms with E-state index in [1.807, 2.05) is 11.8 Å². The Morgan fingerprint density at radius 2 is 2.00 bits per heavy atom. The first kappa shape index (κ1) is 15.3. The number of likely N-dealkylation sites (tertiary alicyclic amines) is 1. The number of carbonyl (C=O) groups is 1. The minimum Gasteiger partial charge on any atom is -0.343 e. The van der Waals surface area contributed by atoms with Crippen molar-refractivity contribution in [3.63, 3.8) is 0 Å². The Labute approximate surface area is 143 Å². The summed E-state index contributed by atoms with van der Waals surface area (Å²) in [7, 11) is 0. The van der Waals surface area contributed by atoms with Crippen LogP contribution in [0.5, 0.6) is 0 Å². The van der Waals surface area contributed by atoms with Gasteiger partial charge in [0.15, 0.2) is 0 Å². The number of amides is 1. The van der Waals surface area contributed by atoms with Crippen molar-refractivity contribution in [2.24, 2.45) is 0 Å². The third kappa shape index (κ3) is 2.73. The summed E-state index contributed by atoms with van der Waals surface area (Å²) in [6.07, 6.45) is 6.50. The van der Waals surface area contributed by atoms with Gasteiger partial charge in [-0.3, -0.25) is 4.79 Å². The van der Waals surface area contributed by atoms with Crippen molar-refractivity contribution in [2.45, 2.75) is 50.2 Å². The summed E-state index contributed by atoms with van der Waals surface area (Å²) in [5.74, 6) is 1.50. The van der Waals surface area contributed by atoms with Crippen LogP contribution in [-0.2, 0) is 11.2 Å². The van der Waals surface area contributed by atoms with E-state index >= 15 is 0 Å². The zero-order valence-corrected chi connectivity index (χ0v) is 14.8. The largest absolute Gasteiger partial charge is 0.343 e. The molecule has 0 N–H and O–H groups in total. The SMILES string of the molecule is CC1(CC(=O)N2CCCCC2)SCCC2=C1Cc1ccccc12. The Bertz CT molecular complexity index is 659. The van der Waals surface area contributed by atoms with E-state index in [0.717, 1.165) is 31.7 Å². The van der Waals surface area contributed by atoms with Crippen molar-refractivity contribution in [3.8, 4) is 0 Å². The number of thioether (sulfide) groups is 1. The molecule has 1 saturated heterocycles. The predicted octanol–water partition coefficient (Wildman–Crippen LogP) is 4.29. The van der Waals surface area contributed by atoms with Crippen LogP contribution in [0.25, 0.3) is 5.57 Å². The monoisotopic (exact) mass is 327 g/mol. The second-order valence-corrected chi connectivity index (χ2v) is 8.84. The Morgan fingerprint density at radius 1 is 1.22 bits per heavy atom. The van der Waals surface area contributed by atoms with E-state index in [1.165, 1.54) is 41.5 Å². The van der Waals surface area contributed by atoms with E-state index < -0.39 is 0 Å². The lowest BCUT2D eigenvalue weighted by Crippen LogP contribution is -2.41. The summed E-state index contributed by atoms with van der Waals surface area (Å²) in [5, 5.41) is 0. The van der Waals surface area contributed by atoms with Gasteiger partial charge in [0.2, 0.25) is 5.91 Å². The first-order chi connectivity index (χ1) is 11.2. The topological polar surface area (TPSA) is 20.3 Å². The fourth-order valence-corrected chi connectivity index (χ4v) is 5.74. The number of hydrogen-bond acceptors (Lipinski definition) is 2. The standard InChI is InChI=1S/C20H25NOS/c1-20(14-19(22)21-10-5-2-6-11-21)18-13-15-7-3-4-8-16(15)17(18)9-12-23-20/h3-4,7-8H,2,5-6,9-14H2,1H3. The molecule has 1 aliphatic carbocycles. The van der Waals surface area contributed by atoms with Crippen molar-refractivity contribution in [2.75, 3.05) is 18.8 Å². The van der Waals surface area contributed by atoms with Crippen LogP contribution in [0.2, 0.25) is 0 Å². The quantitative estimate of drug-likeness (QED) is 0.807. The first-order valence-electron chi connectivity index (χ1n) is 8.90. The van der Waals surface area contributed by atoms with Gasteiger partial charge < -0.3 is 4.90 Å². The molecule has 2 heterocycles. The van der Waals surface area contributed by atoms with E-state index in [-0.39, 0.29) is 4.75 Å². The fraction of sp³-hybridized carbons (Fsp3) is 0.550. The molecular weight excluding hydrogens is 302 g/mol. The lowest BCUT2D eigenvalue weighted by Gasteiger charge is -2.37. The van der Waals surface area contributed by atoms with Crippen LogP contribution >= 0.6 is 11.8 Å². The lowest BCUT2D eigenvalue weighted by atomic mass is 9.90. The van der Waals surface area contributed by atoms with Gasteiger partial charge in [-0.15, -0.1) is 0 Å². The van der Waals surface area contributed by atoms with Gasteiger partial charge in [0.05, 0.1) is 0 Å². The number of rotatable bonds is 2. The van der Waals surface area contributed by atoms with Gasteiger partial charge >= 0.3 is 0 Å². The van der Waals surface area contributed by atoms with Crippen LogP contribution in [0.3, 0.4) is 0 Å². The summed E-state index contributed by atoms with van der Waals surface area (Å²) in [4.78, 5) is 14.9. The van der Waals surface area contributed by atoms with Crippen LogP contribution in [-0.4, -0.2) is 34.4 Å². The summed E-state index contributed by atoms with van der Waals surface area (Å²) in [6, 6.07) is 8.80. The molecule has 122 valence electrons. The van der Waals surface area contributed by atoms with Gasteiger partial charge in [-0.05, 0) is 67.1 Å². The molecule has 2 nitrogen and oxygen atoms in total. The molecule has 4 rings (SSSR count). The number of hydrogen-bond donors (Lipinski definition) is 0. The number of nitrogens with zero attached hydrogens (tertiary/aromatic N) is 1. The second kappa shape index (κ2) is 6.01. The molecule has 0 aromatic heterocycles.